The number of carboxylic acid groups (broad SMARTS) is 1. The highest BCUT2D eigenvalue weighted by Crippen LogP contribution is 2.30. The van der Waals surface area contributed by atoms with Crippen LogP contribution >= 0.6 is 23.4 Å². The molecule has 1 aromatic rings. The molecule has 0 spiro atoms. The molecule has 17 heavy (non-hydrogen) atoms. The van der Waals surface area contributed by atoms with Crippen LogP contribution in [0.4, 0.5) is 5.69 Å². The van der Waals surface area contributed by atoms with Crippen molar-refractivity contribution in [3.8, 4) is 0 Å². The number of Topliss-reactive ketones (excluding diaryl/α,β-unsaturated/α-hetero) is 1. The zero-order valence-electron chi connectivity index (χ0n) is 8.57. The fourth-order valence-electron chi connectivity index (χ4n) is 1.39. The summed E-state index contributed by atoms with van der Waals surface area (Å²) in [4.78, 5) is 22.3. The van der Waals surface area contributed by atoms with Crippen LogP contribution in [-0.2, 0) is 9.59 Å². The molecule has 0 saturated carbocycles. The second kappa shape index (κ2) is 4.81. The predicted molar refractivity (Wildman–Crippen MR) is 67.2 cm³/mol. The maximum Gasteiger partial charge on any atom is 0.342 e. The van der Waals surface area contributed by atoms with E-state index in [2.05, 4.69) is 5.32 Å². The Morgan fingerprint density at radius 2 is 2.00 bits per heavy atom. The summed E-state index contributed by atoms with van der Waals surface area (Å²) in [6.07, 6.45) is 0. The predicted octanol–water partition coefficient (Wildman–Crippen LogP) is 2.36. The van der Waals surface area contributed by atoms with E-state index < -0.39 is 5.97 Å². The van der Waals surface area contributed by atoms with Gasteiger partial charge in [0, 0.05) is 10.7 Å². The Bertz CT molecular complexity index is 510. The Balaban J connectivity index is 2.26. The van der Waals surface area contributed by atoms with E-state index in [1.54, 1.807) is 24.3 Å². The van der Waals surface area contributed by atoms with Crippen LogP contribution in [0.2, 0.25) is 5.02 Å². The highest BCUT2D eigenvalue weighted by molar-refractivity contribution is 8.04. The summed E-state index contributed by atoms with van der Waals surface area (Å²) in [5.74, 6) is -1.40. The molecule has 1 aromatic carbocycles. The number of anilines is 1. The molecule has 0 bridgehead atoms. The highest BCUT2D eigenvalue weighted by atomic mass is 35.5. The highest BCUT2D eigenvalue weighted by Gasteiger charge is 2.29. The van der Waals surface area contributed by atoms with E-state index in [-0.39, 0.29) is 17.1 Å². The number of hydrogen-bond donors (Lipinski definition) is 2. The maximum absolute atomic E-state index is 11.3. The standard InChI is InChI=1S/C11H8ClNO3S/c12-6-1-3-7(4-2-6)13-10-9(11(15)16)8(14)5-17-10/h1-4,13H,5H2,(H,15,16). The largest absolute Gasteiger partial charge is 0.477 e. The number of carbonyl (C=O) groups excluding carboxylic acids is 1. The van der Waals surface area contributed by atoms with E-state index in [1.165, 1.54) is 11.8 Å². The van der Waals surface area contributed by atoms with Gasteiger partial charge in [-0.15, -0.1) is 0 Å². The number of aliphatic carboxylic acids is 1. The third kappa shape index (κ3) is 2.62. The number of hydrogen-bond acceptors (Lipinski definition) is 4. The molecule has 0 unspecified atom stereocenters. The van der Waals surface area contributed by atoms with Gasteiger partial charge in [0.1, 0.15) is 5.57 Å². The van der Waals surface area contributed by atoms with Gasteiger partial charge in [-0.25, -0.2) is 4.79 Å². The van der Waals surface area contributed by atoms with E-state index in [9.17, 15) is 9.59 Å². The monoisotopic (exact) mass is 269 g/mol. The van der Waals surface area contributed by atoms with Gasteiger partial charge in [0.15, 0.2) is 5.78 Å². The van der Waals surface area contributed by atoms with Crippen molar-refractivity contribution < 1.29 is 14.7 Å². The number of ketones is 1. The zero-order chi connectivity index (χ0) is 12.4. The first-order chi connectivity index (χ1) is 8.08. The van der Waals surface area contributed by atoms with E-state index in [1.807, 2.05) is 0 Å². The van der Waals surface area contributed by atoms with Gasteiger partial charge >= 0.3 is 5.97 Å². The fourth-order valence-corrected chi connectivity index (χ4v) is 2.47. The van der Waals surface area contributed by atoms with E-state index >= 15 is 0 Å². The summed E-state index contributed by atoms with van der Waals surface area (Å²) in [6, 6.07) is 6.81. The minimum Gasteiger partial charge on any atom is -0.477 e. The van der Waals surface area contributed by atoms with Crippen molar-refractivity contribution in [1.29, 1.82) is 0 Å². The second-order valence-electron chi connectivity index (χ2n) is 3.35. The Kier molecular flexibility index (Phi) is 3.40. The van der Waals surface area contributed by atoms with Gasteiger partial charge in [-0.2, -0.15) is 0 Å². The molecule has 2 N–H and O–H groups in total. The summed E-state index contributed by atoms with van der Waals surface area (Å²) in [6.45, 7) is 0. The third-order valence-electron chi connectivity index (χ3n) is 2.17. The summed E-state index contributed by atoms with van der Waals surface area (Å²) in [5, 5.41) is 12.8. The molecule has 2 rings (SSSR count). The summed E-state index contributed by atoms with van der Waals surface area (Å²) >= 11 is 6.93. The lowest BCUT2D eigenvalue weighted by Crippen LogP contribution is -2.12. The van der Waals surface area contributed by atoms with Crippen LogP contribution in [0, 0.1) is 0 Å². The molecule has 4 nitrogen and oxygen atoms in total. The molecular weight excluding hydrogens is 262 g/mol. The van der Waals surface area contributed by atoms with Crippen LogP contribution in [0.5, 0.6) is 0 Å². The Morgan fingerprint density at radius 3 is 2.59 bits per heavy atom. The number of halogens is 1. The van der Waals surface area contributed by atoms with Crippen LogP contribution in [0.25, 0.3) is 0 Å². The molecule has 0 fully saturated rings. The first-order valence-corrected chi connectivity index (χ1v) is 6.10. The Morgan fingerprint density at radius 1 is 1.35 bits per heavy atom. The smallest absolute Gasteiger partial charge is 0.342 e. The summed E-state index contributed by atoms with van der Waals surface area (Å²) in [5.41, 5.74) is 0.523. The van der Waals surface area contributed by atoms with Crippen LogP contribution in [-0.4, -0.2) is 22.6 Å². The minimum absolute atomic E-state index is 0.164. The van der Waals surface area contributed by atoms with Gasteiger partial charge < -0.3 is 10.4 Å². The van der Waals surface area contributed by atoms with Crippen molar-refractivity contribution >= 4 is 40.8 Å². The molecule has 88 valence electrons. The third-order valence-corrected chi connectivity index (χ3v) is 3.42. The van der Waals surface area contributed by atoms with E-state index in [0.717, 1.165) is 0 Å². The summed E-state index contributed by atoms with van der Waals surface area (Å²) < 4.78 is 0. The first-order valence-electron chi connectivity index (χ1n) is 4.74. The number of rotatable bonds is 3. The van der Waals surface area contributed by atoms with Crippen LogP contribution < -0.4 is 5.32 Å². The topological polar surface area (TPSA) is 66.4 Å². The van der Waals surface area contributed by atoms with Crippen LogP contribution in [0.15, 0.2) is 34.9 Å². The van der Waals surface area contributed by atoms with Crippen molar-refractivity contribution in [2.45, 2.75) is 0 Å². The molecule has 1 heterocycles. The Labute approximate surface area is 107 Å². The van der Waals surface area contributed by atoms with Crippen LogP contribution in [0.1, 0.15) is 0 Å². The lowest BCUT2D eigenvalue weighted by molar-refractivity contribution is -0.134. The van der Waals surface area contributed by atoms with Gasteiger partial charge in [0.05, 0.1) is 10.8 Å². The molecule has 0 radical (unpaired) electrons. The van der Waals surface area contributed by atoms with Crippen molar-refractivity contribution in [2.75, 3.05) is 11.1 Å². The molecule has 1 aliphatic rings. The SMILES string of the molecule is O=C(O)C1=C(Nc2ccc(Cl)cc2)SCC1=O. The van der Waals surface area contributed by atoms with Gasteiger partial charge in [-0.05, 0) is 24.3 Å². The zero-order valence-corrected chi connectivity index (χ0v) is 10.1. The average molecular weight is 270 g/mol. The second-order valence-corrected chi connectivity index (χ2v) is 4.78. The van der Waals surface area contributed by atoms with Gasteiger partial charge in [-0.1, -0.05) is 23.4 Å². The molecule has 0 amide bonds. The molecule has 0 saturated heterocycles. The normalized spacial score (nSPS) is 15.2. The van der Waals surface area contributed by atoms with Crippen molar-refractivity contribution in [1.82, 2.24) is 0 Å². The lowest BCUT2D eigenvalue weighted by atomic mass is 10.2. The lowest BCUT2D eigenvalue weighted by Gasteiger charge is -2.07. The average Bonchev–Trinajstić information content (AvgIpc) is 2.63. The van der Waals surface area contributed by atoms with Gasteiger partial charge in [-0.3, -0.25) is 4.79 Å². The maximum atomic E-state index is 11.3. The summed E-state index contributed by atoms with van der Waals surface area (Å²) in [7, 11) is 0. The van der Waals surface area contributed by atoms with Crippen molar-refractivity contribution in [2.24, 2.45) is 0 Å². The number of thioether (sulfide) groups is 1. The molecule has 0 aliphatic carbocycles. The minimum atomic E-state index is -1.20. The van der Waals surface area contributed by atoms with Gasteiger partial charge in [0.2, 0.25) is 0 Å². The first kappa shape index (κ1) is 12.0. The molecular formula is C11H8ClNO3S. The van der Waals surface area contributed by atoms with Crippen LogP contribution in [0.3, 0.4) is 0 Å². The molecule has 1 aliphatic heterocycles. The Hall–Kier alpha value is -1.46. The molecule has 0 aromatic heterocycles. The number of nitrogens with one attached hydrogen (secondary N) is 1. The van der Waals surface area contributed by atoms with Crippen molar-refractivity contribution in [3.05, 3.63) is 39.9 Å². The number of benzene rings is 1. The van der Waals surface area contributed by atoms with E-state index in [4.69, 9.17) is 16.7 Å². The van der Waals surface area contributed by atoms with E-state index in [0.29, 0.717) is 15.7 Å². The fraction of sp³-hybridized carbons (Fsp3) is 0.0909. The molecule has 6 heteroatoms. The number of carbonyl (C=O) groups is 2. The number of carboxylic acids is 1. The van der Waals surface area contributed by atoms with Crippen molar-refractivity contribution in [3.63, 3.8) is 0 Å². The van der Waals surface area contributed by atoms with Gasteiger partial charge in [0.25, 0.3) is 0 Å². The quantitative estimate of drug-likeness (QED) is 0.825. The molecule has 0 atom stereocenters.